The van der Waals surface area contributed by atoms with Crippen molar-refractivity contribution in [1.82, 2.24) is 0 Å². The molecule has 0 rings (SSSR count). The van der Waals surface area contributed by atoms with Crippen LogP contribution in [0.1, 0.15) is 174 Å². The average Bonchev–Trinajstić information content (AvgIpc) is 3.09. The molecule has 8 nitrogen and oxygen atoms in total. The first-order valence-electron chi connectivity index (χ1n) is 21.2. The SMILES string of the molecule is CCC/C=C\C/C=C\CCCCCCCC(=O)OC(COCCCCCCCC/C=C\CCCCCCCCC)COP(=O)(O)OCC[N+](C)(C)C. The third-order valence-corrected chi connectivity index (χ3v) is 9.89. The van der Waals surface area contributed by atoms with Crippen molar-refractivity contribution in [2.75, 3.05) is 54.1 Å². The van der Waals surface area contributed by atoms with Crippen molar-refractivity contribution in [3.8, 4) is 0 Å². The van der Waals surface area contributed by atoms with Gasteiger partial charge >= 0.3 is 13.8 Å². The first kappa shape index (κ1) is 50.7. The Hall–Kier alpha value is -1.28. The third kappa shape index (κ3) is 39.9. The Balaban J connectivity index is 4.26. The number of unbranched alkanes of at least 4 members (excludes halogenated alkanes) is 19. The zero-order valence-electron chi connectivity index (χ0n) is 34.5. The molecule has 1 N–H and O–H groups in total. The van der Waals surface area contributed by atoms with Crippen LogP contribution in [0.4, 0.5) is 0 Å². The van der Waals surface area contributed by atoms with Crippen molar-refractivity contribution in [3.05, 3.63) is 36.5 Å². The molecular formula is C43H83NO7P+. The van der Waals surface area contributed by atoms with Crippen molar-refractivity contribution in [3.63, 3.8) is 0 Å². The van der Waals surface area contributed by atoms with Gasteiger partial charge in [-0.15, -0.1) is 0 Å². The molecule has 9 heteroatoms. The van der Waals surface area contributed by atoms with E-state index in [9.17, 15) is 14.3 Å². The van der Waals surface area contributed by atoms with Gasteiger partial charge in [-0.25, -0.2) is 4.57 Å². The summed E-state index contributed by atoms with van der Waals surface area (Å²) >= 11 is 0. The number of carbonyl (C=O) groups is 1. The summed E-state index contributed by atoms with van der Waals surface area (Å²) in [6.07, 6.45) is 41.7. The predicted octanol–water partition coefficient (Wildman–Crippen LogP) is 12.2. The number of phosphoric acid groups is 1. The predicted molar refractivity (Wildman–Crippen MR) is 220 cm³/mol. The fourth-order valence-corrected chi connectivity index (χ4v) is 6.33. The van der Waals surface area contributed by atoms with Gasteiger partial charge in [0.1, 0.15) is 19.3 Å². The van der Waals surface area contributed by atoms with Crippen LogP contribution < -0.4 is 0 Å². The van der Waals surface area contributed by atoms with Gasteiger partial charge in [-0.3, -0.25) is 13.8 Å². The fraction of sp³-hybridized carbons (Fsp3) is 0.837. The Kier molecular flexibility index (Phi) is 35.8. The second-order valence-electron chi connectivity index (χ2n) is 15.4. The number of allylic oxidation sites excluding steroid dienone is 6. The van der Waals surface area contributed by atoms with E-state index in [4.69, 9.17) is 18.5 Å². The molecule has 0 fully saturated rings. The summed E-state index contributed by atoms with van der Waals surface area (Å²) < 4.78 is 34.9. The summed E-state index contributed by atoms with van der Waals surface area (Å²) in [5, 5.41) is 0. The number of phosphoric ester groups is 1. The smallest absolute Gasteiger partial charge is 0.457 e. The largest absolute Gasteiger partial charge is 0.472 e. The number of carbonyl (C=O) groups excluding carboxylic acids is 1. The van der Waals surface area contributed by atoms with Crippen LogP contribution in [0, 0.1) is 0 Å². The summed E-state index contributed by atoms with van der Waals surface area (Å²) in [4.78, 5) is 22.8. The zero-order chi connectivity index (χ0) is 38.4. The highest BCUT2D eigenvalue weighted by Gasteiger charge is 2.26. The van der Waals surface area contributed by atoms with Gasteiger partial charge in [-0.05, 0) is 64.2 Å². The van der Waals surface area contributed by atoms with Crippen molar-refractivity contribution >= 4 is 13.8 Å². The molecular weight excluding hydrogens is 673 g/mol. The van der Waals surface area contributed by atoms with E-state index in [0.29, 0.717) is 24.1 Å². The quantitative estimate of drug-likeness (QED) is 0.0219. The van der Waals surface area contributed by atoms with E-state index in [1.807, 2.05) is 21.1 Å². The van der Waals surface area contributed by atoms with Gasteiger partial charge in [0.15, 0.2) is 0 Å². The first-order chi connectivity index (χ1) is 25.1. The number of ether oxygens (including phenoxy) is 2. The second kappa shape index (κ2) is 36.7. The maximum Gasteiger partial charge on any atom is 0.472 e. The van der Waals surface area contributed by atoms with E-state index in [1.54, 1.807) is 0 Å². The summed E-state index contributed by atoms with van der Waals surface area (Å²) in [7, 11) is 1.65. The standard InChI is InChI=1S/C43H82NO7P/c1-6-8-10-12-14-16-18-20-21-22-23-25-27-29-31-33-35-38-48-40-42(41-50-52(46,47)49-39-37-44(3,4)5)51-43(45)36-34-32-30-28-26-24-19-17-15-13-11-9-7-2/h11,13,17,19,21-22,42H,6-10,12,14-16,18,20,23-41H2,1-5H3/p+1/b13-11-,19-17-,22-21-. The summed E-state index contributed by atoms with van der Waals surface area (Å²) in [6.45, 7) is 5.52. The molecule has 0 aromatic rings. The summed E-state index contributed by atoms with van der Waals surface area (Å²) in [5.74, 6) is -0.331. The molecule has 0 aromatic heterocycles. The van der Waals surface area contributed by atoms with Crippen LogP contribution in [0.5, 0.6) is 0 Å². The Morgan fingerprint density at radius 1 is 0.596 bits per heavy atom. The summed E-state index contributed by atoms with van der Waals surface area (Å²) in [6, 6.07) is 0. The van der Waals surface area contributed by atoms with Crippen LogP contribution in [-0.2, 0) is 27.9 Å². The normalized spacial score (nSPS) is 14.2. The molecule has 52 heavy (non-hydrogen) atoms. The van der Waals surface area contributed by atoms with Crippen LogP contribution in [0.3, 0.4) is 0 Å². The van der Waals surface area contributed by atoms with E-state index < -0.39 is 13.9 Å². The van der Waals surface area contributed by atoms with E-state index >= 15 is 0 Å². The minimum atomic E-state index is -4.28. The van der Waals surface area contributed by atoms with Crippen molar-refractivity contribution in [2.24, 2.45) is 0 Å². The van der Waals surface area contributed by atoms with Gasteiger partial charge in [0.25, 0.3) is 0 Å². The van der Waals surface area contributed by atoms with Crippen LogP contribution >= 0.6 is 7.82 Å². The molecule has 2 unspecified atom stereocenters. The number of likely N-dealkylation sites (N-methyl/N-ethyl adjacent to an activating group) is 1. The molecule has 0 aliphatic heterocycles. The minimum Gasteiger partial charge on any atom is -0.457 e. The highest BCUT2D eigenvalue weighted by atomic mass is 31.2. The number of hydrogen-bond acceptors (Lipinski definition) is 6. The van der Waals surface area contributed by atoms with E-state index in [0.717, 1.165) is 64.2 Å². The Bertz CT molecular complexity index is 931. The second-order valence-corrected chi connectivity index (χ2v) is 16.8. The van der Waals surface area contributed by atoms with Crippen LogP contribution in [-0.4, -0.2) is 75.6 Å². The Morgan fingerprint density at radius 2 is 1.10 bits per heavy atom. The molecule has 2 atom stereocenters. The van der Waals surface area contributed by atoms with Crippen molar-refractivity contribution in [1.29, 1.82) is 0 Å². The molecule has 0 saturated carbocycles. The number of quaternary nitrogens is 1. The van der Waals surface area contributed by atoms with E-state index in [2.05, 4.69) is 50.3 Å². The molecule has 0 amide bonds. The Labute approximate surface area is 321 Å². The molecule has 306 valence electrons. The highest BCUT2D eigenvalue weighted by molar-refractivity contribution is 7.47. The lowest BCUT2D eigenvalue weighted by molar-refractivity contribution is -0.870. The molecule has 0 aliphatic carbocycles. The minimum absolute atomic E-state index is 0.0842. The summed E-state index contributed by atoms with van der Waals surface area (Å²) in [5.41, 5.74) is 0. The molecule has 0 bridgehead atoms. The molecule has 0 heterocycles. The Morgan fingerprint density at radius 3 is 1.65 bits per heavy atom. The van der Waals surface area contributed by atoms with Gasteiger partial charge < -0.3 is 18.9 Å². The lowest BCUT2D eigenvalue weighted by Crippen LogP contribution is -2.37. The van der Waals surface area contributed by atoms with Gasteiger partial charge in [0.05, 0.1) is 34.4 Å². The fourth-order valence-electron chi connectivity index (χ4n) is 5.58. The van der Waals surface area contributed by atoms with E-state index in [1.165, 1.54) is 89.9 Å². The third-order valence-electron chi connectivity index (χ3n) is 8.90. The van der Waals surface area contributed by atoms with E-state index in [-0.39, 0.29) is 25.8 Å². The number of rotatable bonds is 39. The maximum atomic E-state index is 12.6. The number of esters is 1. The van der Waals surface area contributed by atoms with Crippen LogP contribution in [0.25, 0.3) is 0 Å². The van der Waals surface area contributed by atoms with Gasteiger partial charge in [0, 0.05) is 13.0 Å². The number of hydrogen-bond donors (Lipinski definition) is 1. The number of nitrogens with zero attached hydrogens (tertiary/aromatic N) is 1. The monoisotopic (exact) mass is 757 g/mol. The lowest BCUT2D eigenvalue weighted by atomic mass is 10.1. The van der Waals surface area contributed by atoms with Crippen LogP contribution in [0.2, 0.25) is 0 Å². The first-order valence-corrected chi connectivity index (χ1v) is 22.7. The highest BCUT2D eigenvalue weighted by Crippen LogP contribution is 2.43. The lowest BCUT2D eigenvalue weighted by Gasteiger charge is -2.24. The topological polar surface area (TPSA) is 91.3 Å². The molecule has 0 radical (unpaired) electrons. The van der Waals surface area contributed by atoms with Gasteiger partial charge in [0.2, 0.25) is 0 Å². The maximum absolute atomic E-state index is 12.6. The zero-order valence-corrected chi connectivity index (χ0v) is 35.4. The van der Waals surface area contributed by atoms with Crippen molar-refractivity contribution in [2.45, 2.75) is 180 Å². The van der Waals surface area contributed by atoms with Crippen molar-refractivity contribution < 1.29 is 37.3 Å². The molecule has 0 spiro atoms. The average molecular weight is 757 g/mol. The molecule has 0 aliphatic rings. The van der Waals surface area contributed by atoms with Gasteiger partial charge in [-0.2, -0.15) is 0 Å². The van der Waals surface area contributed by atoms with Gasteiger partial charge in [-0.1, -0.05) is 140 Å². The molecule has 0 saturated heterocycles. The molecule has 0 aromatic carbocycles. The van der Waals surface area contributed by atoms with Crippen LogP contribution in [0.15, 0.2) is 36.5 Å².